The van der Waals surface area contributed by atoms with E-state index in [1.165, 1.54) is 0 Å². The SMILES string of the molecule is c1ccc(-c2nc(-c3cccc(-c4cccc5oc6ccccc6c45)c3)nc(-c3ccc4cc(-c5cccc(-c6cccc7oc8ccccc8c67)c5)ccc4c3)n2)cc1. The third-order valence-electron chi connectivity index (χ3n) is 11.5. The van der Waals surface area contributed by atoms with Gasteiger partial charge in [0.25, 0.3) is 0 Å². The lowest BCUT2D eigenvalue weighted by Crippen LogP contribution is -2.00. The van der Waals surface area contributed by atoms with Gasteiger partial charge < -0.3 is 8.83 Å². The molecule has 0 saturated heterocycles. The van der Waals surface area contributed by atoms with E-state index in [9.17, 15) is 0 Å². The molecular formula is C55H33N3O2. The van der Waals surface area contributed by atoms with Crippen LogP contribution in [0.5, 0.6) is 0 Å². The first-order valence-electron chi connectivity index (χ1n) is 20.1. The van der Waals surface area contributed by atoms with Gasteiger partial charge in [0.1, 0.15) is 22.3 Å². The van der Waals surface area contributed by atoms with E-state index in [4.69, 9.17) is 23.8 Å². The summed E-state index contributed by atoms with van der Waals surface area (Å²) in [5.41, 5.74) is 13.1. The summed E-state index contributed by atoms with van der Waals surface area (Å²) in [6.07, 6.45) is 0. The van der Waals surface area contributed by atoms with Gasteiger partial charge in [0, 0.05) is 38.2 Å². The van der Waals surface area contributed by atoms with Crippen LogP contribution in [-0.2, 0) is 0 Å². The number of benzene rings is 9. The second-order valence-corrected chi connectivity index (χ2v) is 15.2. The molecule has 12 aromatic rings. The van der Waals surface area contributed by atoms with Crippen LogP contribution < -0.4 is 0 Å². The van der Waals surface area contributed by atoms with Crippen LogP contribution in [0.4, 0.5) is 0 Å². The predicted octanol–water partition coefficient (Wildman–Crippen LogP) is 14.8. The summed E-state index contributed by atoms with van der Waals surface area (Å²) >= 11 is 0. The Kier molecular flexibility index (Phi) is 7.78. The Hall–Kier alpha value is -8.15. The van der Waals surface area contributed by atoms with E-state index >= 15 is 0 Å². The molecule has 3 aromatic heterocycles. The van der Waals surface area contributed by atoms with Crippen molar-refractivity contribution in [2.45, 2.75) is 0 Å². The van der Waals surface area contributed by atoms with Gasteiger partial charge >= 0.3 is 0 Å². The predicted molar refractivity (Wildman–Crippen MR) is 245 cm³/mol. The Labute approximate surface area is 344 Å². The topological polar surface area (TPSA) is 65.0 Å². The van der Waals surface area contributed by atoms with E-state index in [2.05, 4.69) is 127 Å². The van der Waals surface area contributed by atoms with Crippen molar-refractivity contribution >= 4 is 54.6 Å². The van der Waals surface area contributed by atoms with Gasteiger partial charge in [0.15, 0.2) is 17.5 Å². The average molecular weight is 768 g/mol. The van der Waals surface area contributed by atoms with Crippen molar-refractivity contribution in [3.63, 3.8) is 0 Å². The number of nitrogens with zero attached hydrogens (tertiary/aromatic N) is 3. The van der Waals surface area contributed by atoms with Crippen molar-refractivity contribution in [3.8, 4) is 67.5 Å². The standard InChI is InChI=1S/C55H33N3O2/c1-2-12-34(13-3-1)53-56-54(41-17-9-16-40(33-41)44-21-11-25-50-52(44)46-19-5-7-23-48(46)60-50)58-55(57-53)42-29-28-37-30-36(26-27-38(37)32-42)35-14-8-15-39(31-35)43-20-10-24-49-51(43)45-18-4-6-22-47(45)59-49/h1-33H. The minimum Gasteiger partial charge on any atom is -0.456 e. The molecule has 0 aliphatic heterocycles. The Morgan fingerprint density at radius 1 is 0.267 bits per heavy atom. The van der Waals surface area contributed by atoms with Gasteiger partial charge in [-0.2, -0.15) is 0 Å². The first kappa shape index (κ1) is 33.9. The van der Waals surface area contributed by atoms with Gasteiger partial charge in [-0.05, 0) is 92.7 Å². The Balaban J connectivity index is 0.926. The van der Waals surface area contributed by atoms with Crippen molar-refractivity contribution in [1.82, 2.24) is 15.0 Å². The highest BCUT2D eigenvalue weighted by atomic mass is 16.3. The monoisotopic (exact) mass is 767 g/mol. The quantitative estimate of drug-likeness (QED) is 0.169. The molecular weight excluding hydrogens is 735 g/mol. The van der Waals surface area contributed by atoms with Gasteiger partial charge in [-0.1, -0.05) is 152 Å². The van der Waals surface area contributed by atoms with Crippen molar-refractivity contribution in [3.05, 3.63) is 200 Å². The fraction of sp³-hybridized carbons (Fsp3) is 0. The second kappa shape index (κ2) is 13.8. The summed E-state index contributed by atoms with van der Waals surface area (Å²) in [5.74, 6) is 1.85. The molecule has 0 fully saturated rings. The van der Waals surface area contributed by atoms with E-state index in [1.807, 2.05) is 72.8 Å². The highest BCUT2D eigenvalue weighted by Crippen LogP contribution is 2.40. The summed E-state index contributed by atoms with van der Waals surface area (Å²) in [6.45, 7) is 0. The molecule has 12 rings (SSSR count). The van der Waals surface area contributed by atoms with Crippen LogP contribution in [0.2, 0.25) is 0 Å². The first-order valence-corrected chi connectivity index (χ1v) is 20.1. The van der Waals surface area contributed by atoms with Crippen LogP contribution in [0.1, 0.15) is 0 Å². The minimum absolute atomic E-state index is 0.611. The Morgan fingerprint density at radius 2 is 0.667 bits per heavy atom. The highest BCUT2D eigenvalue weighted by molar-refractivity contribution is 6.13. The number of furan rings is 2. The second-order valence-electron chi connectivity index (χ2n) is 15.2. The smallest absolute Gasteiger partial charge is 0.164 e. The van der Waals surface area contributed by atoms with Gasteiger partial charge in [0.2, 0.25) is 0 Å². The molecule has 9 aromatic carbocycles. The lowest BCUT2D eigenvalue weighted by Gasteiger charge is -2.11. The number of rotatable bonds is 6. The van der Waals surface area contributed by atoms with Crippen LogP contribution in [0, 0.1) is 0 Å². The van der Waals surface area contributed by atoms with E-state index in [0.29, 0.717) is 17.5 Å². The first-order chi connectivity index (χ1) is 29.7. The van der Waals surface area contributed by atoms with Gasteiger partial charge in [-0.3, -0.25) is 0 Å². The number of para-hydroxylation sites is 2. The molecule has 0 amide bonds. The van der Waals surface area contributed by atoms with Gasteiger partial charge in [0.05, 0.1) is 0 Å². The molecule has 280 valence electrons. The van der Waals surface area contributed by atoms with Crippen molar-refractivity contribution in [2.75, 3.05) is 0 Å². The zero-order valence-corrected chi connectivity index (χ0v) is 32.2. The lowest BCUT2D eigenvalue weighted by molar-refractivity contribution is 0.668. The molecule has 0 aliphatic rings. The molecule has 5 heteroatoms. The molecule has 0 atom stereocenters. The number of hydrogen-bond acceptors (Lipinski definition) is 5. The maximum Gasteiger partial charge on any atom is 0.164 e. The fourth-order valence-corrected chi connectivity index (χ4v) is 8.64. The van der Waals surface area contributed by atoms with Crippen LogP contribution in [0.25, 0.3) is 122 Å². The third kappa shape index (κ3) is 5.75. The normalized spacial score (nSPS) is 11.7. The molecule has 0 radical (unpaired) electrons. The maximum atomic E-state index is 6.23. The summed E-state index contributed by atoms with van der Waals surface area (Å²) in [7, 11) is 0. The molecule has 5 nitrogen and oxygen atoms in total. The Morgan fingerprint density at radius 3 is 1.28 bits per heavy atom. The highest BCUT2D eigenvalue weighted by Gasteiger charge is 2.17. The average Bonchev–Trinajstić information content (AvgIpc) is 3.90. The lowest BCUT2D eigenvalue weighted by atomic mass is 9.95. The molecule has 0 N–H and O–H groups in total. The Bertz CT molecular complexity index is 3620. The zero-order chi connectivity index (χ0) is 39.6. The molecule has 3 heterocycles. The molecule has 0 spiro atoms. The third-order valence-corrected chi connectivity index (χ3v) is 11.5. The van der Waals surface area contributed by atoms with Crippen molar-refractivity contribution in [2.24, 2.45) is 0 Å². The summed E-state index contributed by atoms with van der Waals surface area (Å²) in [6, 6.07) is 69.4. The molecule has 0 bridgehead atoms. The largest absolute Gasteiger partial charge is 0.456 e. The van der Waals surface area contributed by atoms with Gasteiger partial charge in [-0.25, -0.2) is 15.0 Å². The van der Waals surface area contributed by atoms with Crippen molar-refractivity contribution < 1.29 is 8.83 Å². The van der Waals surface area contributed by atoms with Crippen LogP contribution in [0.3, 0.4) is 0 Å². The van der Waals surface area contributed by atoms with E-state index in [-0.39, 0.29) is 0 Å². The summed E-state index contributed by atoms with van der Waals surface area (Å²) in [5, 5.41) is 6.70. The van der Waals surface area contributed by atoms with Crippen molar-refractivity contribution in [1.29, 1.82) is 0 Å². The molecule has 0 aliphatic carbocycles. The number of hydrogen-bond donors (Lipinski definition) is 0. The van der Waals surface area contributed by atoms with E-state index in [0.717, 1.165) is 105 Å². The van der Waals surface area contributed by atoms with Gasteiger partial charge in [-0.15, -0.1) is 0 Å². The van der Waals surface area contributed by atoms with Crippen LogP contribution in [0.15, 0.2) is 209 Å². The molecule has 0 unspecified atom stereocenters. The zero-order valence-electron chi connectivity index (χ0n) is 32.2. The van der Waals surface area contributed by atoms with Crippen LogP contribution >= 0.6 is 0 Å². The van der Waals surface area contributed by atoms with Crippen LogP contribution in [-0.4, -0.2) is 15.0 Å². The number of aromatic nitrogens is 3. The maximum absolute atomic E-state index is 6.23. The summed E-state index contributed by atoms with van der Waals surface area (Å²) in [4.78, 5) is 15.2. The minimum atomic E-state index is 0.611. The fourth-order valence-electron chi connectivity index (χ4n) is 8.64. The van der Waals surface area contributed by atoms with E-state index < -0.39 is 0 Å². The molecule has 60 heavy (non-hydrogen) atoms. The summed E-state index contributed by atoms with van der Waals surface area (Å²) < 4.78 is 12.4. The van der Waals surface area contributed by atoms with E-state index in [1.54, 1.807) is 0 Å². The number of fused-ring (bicyclic) bond motifs is 7. The molecule has 0 saturated carbocycles.